The van der Waals surface area contributed by atoms with Gasteiger partial charge in [0, 0.05) is 0 Å². The summed E-state index contributed by atoms with van der Waals surface area (Å²) in [6.07, 6.45) is 0.231. The number of rotatable bonds is 8. The van der Waals surface area contributed by atoms with Crippen LogP contribution in [0.3, 0.4) is 0 Å². The van der Waals surface area contributed by atoms with Crippen LogP contribution in [-0.2, 0) is 4.74 Å². The van der Waals surface area contributed by atoms with Crippen molar-refractivity contribution in [2.75, 3.05) is 51.1 Å². The van der Waals surface area contributed by atoms with Gasteiger partial charge >= 0.3 is 96.3 Å². The largest absolute Gasteiger partial charge is 0.394 e. The van der Waals surface area contributed by atoms with Gasteiger partial charge in [-0.3, -0.25) is 0 Å². The van der Waals surface area contributed by atoms with E-state index in [2.05, 4.69) is 4.74 Å². The van der Waals surface area contributed by atoms with E-state index in [1.165, 1.54) is 0 Å². The molecular weight excluding hydrogens is 350 g/mol. The molecule has 0 unspecified atom stereocenters. The summed E-state index contributed by atoms with van der Waals surface area (Å²) in [6.45, 7) is 6.92. The van der Waals surface area contributed by atoms with Gasteiger partial charge in [0.25, 0.3) is 0 Å². The molecule has 0 rings (SSSR count). The minimum absolute atomic E-state index is 0.0278. The topological polar surface area (TPSA) is 171 Å². The second kappa shape index (κ2) is 12.0. The molecule has 0 fully saturated rings. The van der Waals surface area contributed by atoms with Crippen molar-refractivity contribution in [2.45, 2.75) is 27.7 Å². The van der Waals surface area contributed by atoms with E-state index in [0.29, 0.717) is 13.2 Å². The quantitative estimate of drug-likeness (QED) is 0.204. The molecule has 0 aliphatic rings. The van der Waals surface area contributed by atoms with Crippen molar-refractivity contribution >= 4 is 14.6 Å². The van der Waals surface area contributed by atoms with Crippen molar-refractivity contribution in [3.63, 3.8) is 0 Å². The van der Waals surface area contributed by atoms with Crippen LogP contribution in [0.25, 0.3) is 0 Å². The van der Waals surface area contributed by atoms with Gasteiger partial charge in [-0.1, -0.05) is 0 Å². The molecule has 0 saturated carbocycles. The first-order valence-corrected chi connectivity index (χ1v) is 12.4. The average Bonchev–Trinajstić information content (AvgIpc) is 2.49. The Kier molecular flexibility index (Phi) is 14.7. The van der Waals surface area contributed by atoms with Crippen LogP contribution in [-0.4, -0.2) is 90.6 Å². The first-order chi connectivity index (χ1) is 10.2. The molecule has 9 nitrogen and oxygen atoms in total. The van der Waals surface area contributed by atoms with Crippen molar-refractivity contribution in [1.82, 2.24) is 0 Å². The van der Waals surface area contributed by atoms with Gasteiger partial charge < -0.3 is 14.9 Å². The number of hydrogen-bond donors (Lipinski definition) is 8. The summed E-state index contributed by atoms with van der Waals surface area (Å²) in [6, 6.07) is 0. The fraction of sp³-hybridized carbons (Fsp3) is 1.00. The zero-order valence-corrected chi connectivity index (χ0v) is 16.3. The van der Waals surface area contributed by atoms with Crippen molar-refractivity contribution in [2.24, 2.45) is 0 Å². The van der Waals surface area contributed by atoms with E-state index in [4.69, 9.17) is 39.6 Å². The van der Waals surface area contributed by atoms with Gasteiger partial charge in [-0.25, -0.2) is 0 Å². The Labute approximate surface area is 138 Å². The fourth-order valence-electron chi connectivity index (χ4n) is 0.678. The third-order valence-electron chi connectivity index (χ3n) is 3.06. The standard InChI is InChI=1S/2C4H13O3P.C4H10O3/c2*1-3-8(5,6,7)4-2;5-1-3-7-4-2-6/h2*5-7H,3-4H2,1-2H3;5-6H,1-4H2. The SMILES string of the molecule is CCP(O)(O)(O)CC.CCP(O)(O)(O)CC.OCCOCCO. The van der Waals surface area contributed by atoms with Crippen LogP contribution in [0.15, 0.2) is 0 Å². The Morgan fingerprint density at radius 2 is 0.783 bits per heavy atom. The third-order valence-corrected chi connectivity index (χ3v) is 8.25. The molecule has 0 amide bonds. The monoisotopic (exact) mass is 386 g/mol. The number of aliphatic hydroxyl groups is 2. The molecule has 0 aromatic heterocycles. The molecule has 0 saturated heterocycles. The Balaban J connectivity index is -0.000000262. The number of aliphatic hydroxyl groups excluding tert-OH is 2. The minimum atomic E-state index is -4.10. The van der Waals surface area contributed by atoms with E-state index in [1.54, 1.807) is 27.7 Å². The van der Waals surface area contributed by atoms with Crippen molar-refractivity contribution < 1.29 is 44.3 Å². The van der Waals surface area contributed by atoms with Gasteiger partial charge in [0.15, 0.2) is 0 Å². The van der Waals surface area contributed by atoms with Gasteiger partial charge in [0.05, 0.1) is 26.4 Å². The van der Waals surface area contributed by atoms with Gasteiger partial charge in [0.2, 0.25) is 0 Å². The van der Waals surface area contributed by atoms with Crippen molar-refractivity contribution in [1.29, 1.82) is 0 Å². The number of hydrogen-bond acceptors (Lipinski definition) is 9. The van der Waals surface area contributed by atoms with Gasteiger partial charge in [-0.15, -0.1) is 0 Å². The third kappa shape index (κ3) is 22.5. The Morgan fingerprint density at radius 1 is 0.565 bits per heavy atom. The maximum atomic E-state index is 8.84. The molecule has 0 bridgehead atoms. The van der Waals surface area contributed by atoms with Gasteiger partial charge in [-0.05, 0) is 0 Å². The second-order valence-corrected chi connectivity index (χ2v) is 12.9. The van der Waals surface area contributed by atoms with Crippen molar-refractivity contribution in [3.05, 3.63) is 0 Å². The van der Waals surface area contributed by atoms with E-state index >= 15 is 0 Å². The van der Waals surface area contributed by atoms with Crippen LogP contribution in [0.5, 0.6) is 0 Å². The van der Waals surface area contributed by atoms with E-state index in [0.717, 1.165) is 0 Å². The Morgan fingerprint density at radius 3 is 0.870 bits per heavy atom. The molecule has 0 aromatic carbocycles. The molecule has 0 aliphatic carbocycles. The van der Waals surface area contributed by atoms with E-state index in [9.17, 15) is 0 Å². The molecule has 148 valence electrons. The number of ether oxygens (including phenoxy) is 1. The molecule has 23 heavy (non-hydrogen) atoms. The zero-order chi connectivity index (χ0) is 19.3. The molecule has 0 atom stereocenters. The molecule has 8 N–H and O–H groups in total. The van der Waals surface area contributed by atoms with E-state index < -0.39 is 14.6 Å². The molecule has 0 aliphatic heterocycles. The summed E-state index contributed by atoms with van der Waals surface area (Å²) >= 11 is 0. The van der Waals surface area contributed by atoms with Gasteiger partial charge in [-0.2, -0.15) is 0 Å². The summed E-state index contributed by atoms with van der Waals surface area (Å²) in [7, 11) is -8.20. The summed E-state index contributed by atoms with van der Waals surface area (Å²) in [5, 5.41) is 16.2. The predicted molar refractivity (Wildman–Crippen MR) is 94.3 cm³/mol. The smallest absolute Gasteiger partial charge is 0.0698 e. The fourth-order valence-corrected chi connectivity index (χ4v) is 1.57. The summed E-state index contributed by atoms with van der Waals surface area (Å²) < 4.78 is 4.63. The summed E-state index contributed by atoms with van der Waals surface area (Å²) in [5.41, 5.74) is 0. The zero-order valence-electron chi connectivity index (χ0n) is 14.5. The van der Waals surface area contributed by atoms with E-state index in [1.807, 2.05) is 0 Å². The van der Waals surface area contributed by atoms with Crippen LogP contribution in [0.2, 0.25) is 0 Å². The summed E-state index contributed by atoms with van der Waals surface area (Å²) in [5.74, 6) is 0. The molecular formula is C12H36O9P2. The maximum absolute atomic E-state index is 8.84. The molecule has 11 heteroatoms. The maximum Gasteiger partial charge on any atom is 0.0698 e. The molecule has 0 heterocycles. The van der Waals surface area contributed by atoms with Crippen LogP contribution in [0.1, 0.15) is 27.7 Å². The van der Waals surface area contributed by atoms with Crippen LogP contribution in [0, 0.1) is 0 Å². The second-order valence-electron chi connectivity index (χ2n) is 5.01. The van der Waals surface area contributed by atoms with E-state index in [-0.39, 0.29) is 37.9 Å². The van der Waals surface area contributed by atoms with Crippen LogP contribution < -0.4 is 0 Å². The Hall–Kier alpha value is 0.500. The first-order valence-electron chi connectivity index (χ1n) is 7.50. The molecule has 0 spiro atoms. The average molecular weight is 386 g/mol. The normalized spacial score (nSPS) is 15.0. The molecule has 0 aromatic rings. The Bertz CT molecular complexity index is 240. The van der Waals surface area contributed by atoms with Crippen LogP contribution >= 0.6 is 14.6 Å². The van der Waals surface area contributed by atoms with Gasteiger partial charge in [0.1, 0.15) is 0 Å². The van der Waals surface area contributed by atoms with Crippen LogP contribution in [0.4, 0.5) is 0 Å². The summed E-state index contributed by atoms with van der Waals surface area (Å²) in [4.78, 5) is 53.0. The first kappa shape index (κ1) is 28.3. The van der Waals surface area contributed by atoms with Crippen molar-refractivity contribution in [3.8, 4) is 0 Å². The predicted octanol–water partition coefficient (Wildman–Crippen LogP) is -0.410. The molecule has 0 radical (unpaired) electrons. The minimum Gasteiger partial charge on any atom is -0.394 e.